The molecule has 10 atom stereocenters. The molecule has 0 aliphatic carbocycles. The fraction of sp³-hybridized carbons (Fsp3) is 1.00. The van der Waals surface area contributed by atoms with Gasteiger partial charge in [-0.2, -0.15) is 0 Å². The minimum absolute atomic E-state index is 0.0452. The highest BCUT2D eigenvalue weighted by Gasteiger charge is 2.41. The van der Waals surface area contributed by atoms with E-state index in [-0.39, 0.29) is 30.6 Å². The van der Waals surface area contributed by atoms with Crippen LogP contribution in [0.3, 0.4) is 0 Å². The topological polar surface area (TPSA) is 100.0 Å². The largest absolute Gasteiger partial charge is 0.391 e. The van der Waals surface area contributed by atoms with Crippen molar-refractivity contribution < 1.29 is 20.7 Å². The zero-order chi connectivity index (χ0) is 17.3. The lowest BCUT2D eigenvalue weighted by atomic mass is 9.80. The minimum atomic E-state index is -0.718. The fourth-order valence-corrected chi connectivity index (χ4v) is 3.13. The van der Waals surface area contributed by atoms with Crippen molar-refractivity contribution in [3.8, 4) is 0 Å². The van der Waals surface area contributed by atoms with E-state index in [2.05, 4.69) is 0 Å². The number of aliphatic hydroxyl groups is 1. The zero-order valence-electron chi connectivity index (χ0n) is 14.6. The Kier molecular flexibility index (Phi) is 5.76. The standard InChI is InChI=1S/C15H29BN2O4/c1-4-10-8(3)13(19)12(18)15(22-10)20-6-9-5-7(2)11(17)14(16)21-9/h7-15,19H,4-6,17-18H2,1-3H3/t7-,8+,9?,10?,11?,12?,13-,14-,15+/m0/s1/i5D/t5-,7-,8+,9?,10?,11?,12?,13-,14-,15+. The second-order valence-corrected chi connectivity index (χ2v) is 6.48. The second kappa shape index (κ2) is 7.60. The first kappa shape index (κ1) is 16.7. The third-order valence-corrected chi connectivity index (χ3v) is 4.81. The molecule has 0 saturated carbocycles. The van der Waals surface area contributed by atoms with E-state index in [1.807, 2.05) is 20.8 Å². The van der Waals surface area contributed by atoms with Gasteiger partial charge in [0.25, 0.3) is 0 Å². The second-order valence-electron chi connectivity index (χ2n) is 6.48. The Morgan fingerprint density at radius 3 is 2.64 bits per heavy atom. The van der Waals surface area contributed by atoms with E-state index in [0.29, 0.717) is 0 Å². The van der Waals surface area contributed by atoms with Gasteiger partial charge in [0.15, 0.2) is 6.29 Å². The molecule has 6 nitrogen and oxygen atoms in total. The Morgan fingerprint density at radius 2 is 2.00 bits per heavy atom. The van der Waals surface area contributed by atoms with E-state index in [4.69, 9.17) is 34.9 Å². The molecular formula is C15H29BN2O4. The first-order chi connectivity index (χ1) is 10.8. The van der Waals surface area contributed by atoms with Crippen molar-refractivity contribution in [3.05, 3.63) is 0 Å². The van der Waals surface area contributed by atoms with Crippen LogP contribution in [0.4, 0.5) is 0 Å². The third-order valence-electron chi connectivity index (χ3n) is 4.81. The predicted molar refractivity (Wildman–Crippen MR) is 84.2 cm³/mol. The molecule has 4 unspecified atom stereocenters. The highest BCUT2D eigenvalue weighted by Crippen LogP contribution is 2.28. The lowest BCUT2D eigenvalue weighted by molar-refractivity contribution is -0.254. The molecule has 0 aromatic carbocycles. The molecule has 2 rings (SSSR count). The number of hydrogen-bond donors (Lipinski definition) is 3. The maximum atomic E-state index is 10.2. The summed E-state index contributed by atoms with van der Waals surface area (Å²) in [5.41, 5.74) is 11.9. The fourth-order valence-electron chi connectivity index (χ4n) is 3.13. The maximum absolute atomic E-state index is 10.2. The van der Waals surface area contributed by atoms with Crippen LogP contribution in [0.2, 0.25) is 0 Å². The third kappa shape index (κ3) is 3.83. The Bertz CT molecular complexity index is 392. The Morgan fingerprint density at radius 1 is 1.32 bits per heavy atom. The van der Waals surface area contributed by atoms with E-state index in [1.165, 1.54) is 0 Å². The van der Waals surface area contributed by atoms with Gasteiger partial charge >= 0.3 is 0 Å². The van der Waals surface area contributed by atoms with Gasteiger partial charge in [-0.1, -0.05) is 20.8 Å². The normalized spacial score (nSPS) is 54.0. The van der Waals surface area contributed by atoms with Crippen LogP contribution >= 0.6 is 0 Å². The molecule has 126 valence electrons. The monoisotopic (exact) mass is 313 g/mol. The molecule has 0 aromatic rings. The average Bonchev–Trinajstić information content (AvgIpc) is 2.54. The quantitative estimate of drug-likeness (QED) is 0.617. The summed E-state index contributed by atoms with van der Waals surface area (Å²) in [5, 5.41) is 10.2. The van der Waals surface area contributed by atoms with E-state index >= 15 is 0 Å². The molecule has 2 heterocycles. The van der Waals surface area contributed by atoms with Gasteiger partial charge in [-0.25, -0.2) is 0 Å². The van der Waals surface area contributed by atoms with Crippen LogP contribution in [0.5, 0.6) is 0 Å². The summed E-state index contributed by atoms with van der Waals surface area (Å²) in [7, 11) is 5.86. The first-order valence-electron chi connectivity index (χ1n) is 8.65. The Labute approximate surface area is 135 Å². The molecule has 0 bridgehead atoms. The van der Waals surface area contributed by atoms with E-state index < -0.39 is 36.9 Å². The van der Waals surface area contributed by atoms with Crippen molar-refractivity contribution in [2.45, 2.75) is 76.3 Å². The molecule has 2 saturated heterocycles. The minimum Gasteiger partial charge on any atom is -0.391 e. The molecule has 2 fully saturated rings. The summed E-state index contributed by atoms with van der Waals surface area (Å²) < 4.78 is 25.4. The van der Waals surface area contributed by atoms with Gasteiger partial charge in [-0.05, 0) is 18.7 Å². The first-order valence-corrected chi connectivity index (χ1v) is 8.07. The zero-order valence-corrected chi connectivity index (χ0v) is 13.6. The Balaban J connectivity index is 1.94. The van der Waals surface area contributed by atoms with Crippen molar-refractivity contribution in [2.24, 2.45) is 23.3 Å². The van der Waals surface area contributed by atoms with Crippen LogP contribution in [0.25, 0.3) is 0 Å². The highest BCUT2D eigenvalue weighted by atomic mass is 16.7. The number of hydrogen-bond acceptors (Lipinski definition) is 6. The van der Waals surface area contributed by atoms with E-state index in [1.54, 1.807) is 0 Å². The molecule has 2 aliphatic heterocycles. The molecule has 5 N–H and O–H groups in total. The van der Waals surface area contributed by atoms with Crippen LogP contribution in [-0.4, -0.2) is 62.2 Å². The predicted octanol–water partition coefficient (Wildman–Crippen LogP) is -0.291. The van der Waals surface area contributed by atoms with Gasteiger partial charge in [-0.15, -0.1) is 0 Å². The van der Waals surface area contributed by atoms with Gasteiger partial charge in [-0.3, -0.25) is 0 Å². The molecule has 22 heavy (non-hydrogen) atoms. The Hall–Kier alpha value is -0.175. The van der Waals surface area contributed by atoms with Crippen LogP contribution < -0.4 is 11.5 Å². The number of ether oxygens (including phenoxy) is 3. The van der Waals surface area contributed by atoms with Gasteiger partial charge in [0.1, 0.15) is 7.85 Å². The summed E-state index contributed by atoms with van der Waals surface area (Å²) >= 11 is 0. The molecular weight excluding hydrogens is 283 g/mol. The molecule has 7 heteroatoms. The number of nitrogens with two attached hydrogens (primary N) is 2. The maximum Gasteiger partial charge on any atom is 0.175 e. The van der Waals surface area contributed by atoms with E-state index in [0.717, 1.165) is 6.42 Å². The van der Waals surface area contributed by atoms with Gasteiger partial charge < -0.3 is 30.8 Å². The number of rotatable bonds is 4. The molecule has 0 spiro atoms. The molecule has 0 aromatic heterocycles. The molecule has 2 aliphatic rings. The van der Waals surface area contributed by atoms with Crippen LogP contribution in [-0.2, 0) is 14.2 Å². The molecule has 0 amide bonds. The van der Waals surface area contributed by atoms with E-state index in [9.17, 15) is 5.11 Å². The summed E-state index contributed by atoms with van der Waals surface area (Å²) in [6.07, 6.45) is -1.77. The summed E-state index contributed by atoms with van der Waals surface area (Å²) in [6.45, 7) is 5.93. The molecule has 2 radical (unpaired) electrons. The van der Waals surface area contributed by atoms with Gasteiger partial charge in [0, 0.05) is 19.3 Å². The highest BCUT2D eigenvalue weighted by molar-refractivity contribution is 6.11. The number of aliphatic hydroxyl groups excluding tert-OH is 1. The average molecular weight is 313 g/mol. The van der Waals surface area contributed by atoms with Crippen molar-refractivity contribution >= 4 is 7.85 Å². The smallest absolute Gasteiger partial charge is 0.175 e. The van der Waals surface area contributed by atoms with Crippen LogP contribution in [0, 0.1) is 11.8 Å². The summed E-state index contributed by atoms with van der Waals surface area (Å²) in [5.74, 6) is -0.140. The lowest BCUT2D eigenvalue weighted by Gasteiger charge is -2.43. The van der Waals surface area contributed by atoms with Gasteiger partial charge in [0.05, 0.1) is 31.0 Å². The lowest BCUT2D eigenvalue weighted by Crippen LogP contribution is -2.59. The van der Waals surface area contributed by atoms with Crippen molar-refractivity contribution in [3.63, 3.8) is 0 Å². The van der Waals surface area contributed by atoms with Gasteiger partial charge in [0.2, 0.25) is 0 Å². The van der Waals surface area contributed by atoms with Crippen molar-refractivity contribution in [1.82, 2.24) is 0 Å². The summed E-state index contributed by atoms with van der Waals surface area (Å²) in [6, 6.07) is -1.61. The van der Waals surface area contributed by atoms with Crippen molar-refractivity contribution in [2.75, 3.05) is 6.61 Å². The SMILES string of the molecule is [2H][C@@H]1C(CO[C@@H]2OC(CC)[C@@H](C)[C@H](O)C2N)O[C@H]([B])C(N)[C@H]1C. The van der Waals surface area contributed by atoms with Crippen molar-refractivity contribution in [1.29, 1.82) is 0 Å². The van der Waals surface area contributed by atoms with Crippen LogP contribution in [0.15, 0.2) is 0 Å². The summed E-state index contributed by atoms with van der Waals surface area (Å²) in [4.78, 5) is 0. The van der Waals surface area contributed by atoms with Crippen LogP contribution in [0.1, 0.15) is 35.0 Å².